The molecule has 2 aromatic rings. The van der Waals surface area contributed by atoms with Crippen LogP contribution in [0.1, 0.15) is 38.4 Å². The fourth-order valence-electron chi connectivity index (χ4n) is 2.29. The first kappa shape index (κ1) is 19.6. The van der Waals surface area contributed by atoms with E-state index in [0.29, 0.717) is 13.0 Å². The molecule has 0 unspecified atom stereocenters. The summed E-state index contributed by atoms with van der Waals surface area (Å²) in [5.74, 6) is -0.449. The summed E-state index contributed by atoms with van der Waals surface area (Å²) in [5.41, 5.74) is 3.72. The van der Waals surface area contributed by atoms with Crippen molar-refractivity contribution in [3.8, 4) is 0 Å². The molecule has 25 heavy (non-hydrogen) atoms. The molecule has 0 fully saturated rings. The molecule has 0 spiro atoms. The SMILES string of the molecule is CC(C)(C)c1ccc(S(=O)(=O)CCC(=O)NCCc2cscn2)cc1. The summed E-state index contributed by atoms with van der Waals surface area (Å²) in [7, 11) is -3.46. The van der Waals surface area contributed by atoms with Gasteiger partial charge in [-0.15, -0.1) is 11.3 Å². The lowest BCUT2D eigenvalue weighted by molar-refractivity contribution is -0.120. The number of carbonyl (C=O) groups excluding carboxylic acids is 1. The molecule has 1 heterocycles. The van der Waals surface area contributed by atoms with E-state index in [2.05, 4.69) is 31.1 Å². The number of hydrogen-bond acceptors (Lipinski definition) is 5. The van der Waals surface area contributed by atoms with Crippen LogP contribution in [0.3, 0.4) is 0 Å². The maximum absolute atomic E-state index is 12.4. The maximum Gasteiger partial charge on any atom is 0.221 e. The van der Waals surface area contributed by atoms with Gasteiger partial charge in [0.05, 0.1) is 21.9 Å². The van der Waals surface area contributed by atoms with Gasteiger partial charge in [0.15, 0.2) is 9.84 Å². The molecular weight excluding hydrogens is 356 g/mol. The van der Waals surface area contributed by atoms with E-state index in [1.807, 2.05) is 17.5 Å². The lowest BCUT2D eigenvalue weighted by Crippen LogP contribution is -2.27. The number of benzene rings is 1. The summed E-state index contributed by atoms with van der Waals surface area (Å²) in [6, 6.07) is 6.91. The fourth-order valence-corrected chi connectivity index (χ4v) is 4.12. The van der Waals surface area contributed by atoms with Crippen molar-refractivity contribution in [1.29, 1.82) is 0 Å². The Balaban J connectivity index is 1.85. The van der Waals surface area contributed by atoms with E-state index < -0.39 is 9.84 Å². The molecule has 1 N–H and O–H groups in total. The Labute approximate surface area is 153 Å². The number of hydrogen-bond donors (Lipinski definition) is 1. The zero-order chi connectivity index (χ0) is 18.5. The van der Waals surface area contributed by atoms with Gasteiger partial charge in [-0.25, -0.2) is 13.4 Å². The number of thiazole rings is 1. The first-order valence-corrected chi connectivity index (χ1v) is 10.7. The third-order valence-corrected chi connectivity index (χ3v) is 6.23. The highest BCUT2D eigenvalue weighted by Gasteiger charge is 2.18. The second-order valence-corrected chi connectivity index (χ2v) is 9.75. The minimum Gasteiger partial charge on any atom is -0.356 e. The molecule has 0 saturated carbocycles. The van der Waals surface area contributed by atoms with Crippen LogP contribution >= 0.6 is 11.3 Å². The number of rotatable bonds is 7. The van der Waals surface area contributed by atoms with Crippen LogP contribution in [0.15, 0.2) is 40.1 Å². The molecule has 0 aliphatic heterocycles. The molecule has 0 radical (unpaired) electrons. The molecule has 2 rings (SSSR count). The number of nitrogens with zero attached hydrogens (tertiary/aromatic N) is 1. The Bertz CT molecular complexity index is 790. The molecule has 1 amide bonds. The smallest absolute Gasteiger partial charge is 0.221 e. The Morgan fingerprint density at radius 2 is 1.88 bits per heavy atom. The summed E-state index contributed by atoms with van der Waals surface area (Å²) in [4.78, 5) is 16.2. The van der Waals surface area contributed by atoms with E-state index in [1.54, 1.807) is 17.6 Å². The third kappa shape index (κ3) is 5.93. The molecule has 0 saturated heterocycles. The van der Waals surface area contributed by atoms with E-state index in [9.17, 15) is 13.2 Å². The van der Waals surface area contributed by atoms with Crippen molar-refractivity contribution in [2.45, 2.75) is 43.9 Å². The van der Waals surface area contributed by atoms with Crippen molar-refractivity contribution in [2.75, 3.05) is 12.3 Å². The summed E-state index contributed by atoms with van der Waals surface area (Å²) in [6.07, 6.45) is 0.608. The molecule has 0 atom stereocenters. The molecule has 0 aliphatic rings. The fraction of sp³-hybridized carbons (Fsp3) is 0.444. The Hall–Kier alpha value is -1.73. The average molecular weight is 381 g/mol. The van der Waals surface area contributed by atoms with E-state index in [1.165, 1.54) is 11.3 Å². The van der Waals surface area contributed by atoms with Crippen molar-refractivity contribution in [3.63, 3.8) is 0 Å². The number of sulfone groups is 1. The zero-order valence-electron chi connectivity index (χ0n) is 14.8. The molecule has 0 aliphatic carbocycles. The van der Waals surface area contributed by atoms with Crippen molar-refractivity contribution < 1.29 is 13.2 Å². The van der Waals surface area contributed by atoms with Gasteiger partial charge >= 0.3 is 0 Å². The Kier molecular flexibility index (Phi) is 6.35. The highest BCUT2D eigenvalue weighted by molar-refractivity contribution is 7.91. The number of aromatic nitrogens is 1. The Morgan fingerprint density at radius 1 is 1.20 bits per heavy atom. The third-order valence-electron chi connectivity index (χ3n) is 3.86. The molecule has 7 heteroatoms. The lowest BCUT2D eigenvalue weighted by atomic mass is 9.87. The number of amides is 1. The van der Waals surface area contributed by atoms with Crippen LogP contribution in [0.25, 0.3) is 0 Å². The summed E-state index contributed by atoms with van der Waals surface area (Å²) in [5, 5.41) is 4.66. The highest BCUT2D eigenvalue weighted by Crippen LogP contribution is 2.23. The van der Waals surface area contributed by atoms with E-state index in [0.717, 1.165) is 11.3 Å². The van der Waals surface area contributed by atoms with Gasteiger partial charge in [0, 0.05) is 24.8 Å². The van der Waals surface area contributed by atoms with Gasteiger partial charge in [-0.3, -0.25) is 4.79 Å². The molecule has 5 nitrogen and oxygen atoms in total. The number of nitrogens with one attached hydrogen (secondary N) is 1. The van der Waals surface area contributed by atoms with E-state index >= 15 is 0 Å². The number of carbonyl (C=O) groups is 1. The molecular formula is C18H24N2O3S2. The predicted molar refractivity (Wildman–Crippen MR) is 101 cm³/mol. The first-order valence-electron chi connectivity index (χ1n) is 8.15. The van der Waals surface area contributed by atoms with E-state index in [-0.39, 0.29) is 28.4 Å². The van der Waals surface area contributed by atoms with Crippen LogP contribution in [-0.2, 0) is 26.5 Å². The molecule has 1 aromatic heterocycles. The predicted octanol–water partition coefficient (Wildman–Crippen LogP) is 2.96. The van der Waals surface area contributed by atoms with Crippen molar-refractivity contribution in [2.24, 2.45) is 0 Å². The lowest BCUT2D eigenvalue weighted by Gasteiger charge is -2.19. The molecule has 136 valence electrons. The van der Waals surface area contributed by atoms with Gasteiger partial charge in [-0.2, -0.15) is 0 Å². The van der Waals surface area contributed by atoms with Crippen molar-refractivity contribution >= 4 is 27.1 Å². The van der Waals surface area contributed by atoms with Crippen LogP contribution in [0.2, 0.25) is 0 Å². The Morgan fingerprint density at radius 3 is 2.44 bits per heavy atom. The molecule has 0 bridgehead atoms. The van der Waals surface area contributed by atoms with Gasteiger partial charge in [0.2, 0.25) is 5.91 Å². The van der Waals surface area contributed by atoms with E-state index in [4.69, 9.17) is 0 Å². The maximum atomic E-state index is 12.4. The normalized spacial score (nSPS) is 12.1. The van der Waals surface area contributed by atoms with Crippen LogP contribution in [0.4, 0.5) is 0 Å². The molecule has 1 aromatic carbocycles. The van der Waals surface area contributed by atoms with Gasteiger partial charge in [-0.05, 0) is 23.1 Å². The van der Waals surface area contributed by atoms with Crippen LogP contribution in [0, 0.1) is 0 Å². The summed E-state index contributed by atoms with van der Waals surface area (Å²) < 4.78 is 24.7. The minimum absolute atomic E-state index is 0.0283. The van der Waals surface area contributed by atoms with Crippen LogP contribution < -0.4 is 5.32 Å². The quantitative estimate of drug-likeness (QED) is 0.801. The average Bonchev–Trinajstić information content (AvgIpc) is 3.06. The van der Waals surface area contributed by atoms with Gasteiger partial charge in [-0.1, -0.05) is 32.9 Å². The van der Waals surface area contributed by atoms with Gasteiger partial charge in [0.25, 0.3) is 0 Å². The second kappa shape index (κ2) is 8.10. The van der Waals surface area contributed by atoms with Crippen molar-refractivity contribution in [1.82, 2.24) is 10.3 Å². The largest absolute Gasteiger partial charge is 0.356 e. The van der Waals surface area contributed by atoms with Crippen LogP contribution in [-0.4, -0.2) is 31.6 Å². The topological polar surface area (TPSA) is 76.1 Å². The standard InChI is InChI=1S/C18H24N2O3S2/c1-18(2,3)14-4-6-16(7-5-14)25(22,23)11-9-17(21)19-10-8-15-12-24-13-20-15/h4-7,12-13H,8-11H2,1-3H3,(H,19,21). The van der Waals surface area contributed by atoms with Gasteiger partial charge in [0.1, 0.15) is 0 Å². The summed E-state index contributed by atoms with van der Waals surface area (Å²) >= 11 is 1.51. The van der Waals surface area contributed by atoms with Gasteiger partial charge < -0.3 is 5.32 Å². The van der Waals surface area contributed by atoms with Crippen LogP contribution in [0.5, 0.6) is 0 Å². The highest BCUT2D eigenvalue weighted by atomic mass is 32.2. The summed E-state index contributed by atoms with van der Waals surface area (Å²) in [6.45, 7) is 6.69. The first-order chi connectivity index (χ1) is 11.7. The minimum atomic E-state index is -3.46. The second-order valence-electron chi connectivity index (χ2n) is 6.92. The zero-order valence-corrected chi connectivity index (χ0v) is 16.4. The van der Waals surface area contributed by atoms with Crippen molar-refractivity contribution in [3.05, 3.63) is 46.4 Å². The monoisotopic (exact) mass is 380 g/mol.